The average molecular weight is 438 g/mol. The largest absolute Gasteiger partial charge is 0.493 e. The van der Waals surface area contributed by atoms with Gasteiger partial charge >= 0.3 is 0 Å². The average Bonchev–Trinajstić information content (AvgIpc) is 2.81. The Bertz CT molecular complexity index is 1050. The SMILES string of the molecule is COc1cc(C(=O)NCCNc2cc(Nc3cc(C)ccn3)ncn2)cc(OC)c1OC. The summed E-state index contributed by atoms with van der Waals surface area (Å²) < 4.78 is 15.9. The Balaban J connectivity index is 1.55. The van der Waals surface area contributed by atoms with Crippen LogP contribution in [0.25, 0.3) is 0 Å². The standard InChI is InChI=1S/C22H26N6O4/c1-14-5-6-23-19(9-14)28-20-12-18(26-13-27-20)24-7-8-25-22(29)15-10-16(30-2)21(32-4)17(11-15)31-3/h5-6,9-13H,7-8H2,1-4H3,(H,25,29)(H2,23,24,26,27,28). The van der Waals surface area contributed by atoms with Crippen molar-refractivity contribution in [2.45, 2.75) is 6.92 Å². The van der Waals surface area contributed by atoms with Crippen LogP contribution in [0.3, 0.4) is 0 Å². The van der Waals surface area contributed by atoms with Gasteiger partial charge in [0.1, 0.15) is 23.8 Å². The van der Waals surface area contributed by atoms with Crippen molar-refractivity contribution in [2.24, 2.45) is 0 Å². The fourth-order valence-corrected chi connectivity index (χ4v) is 2.94. The first-order valence-corrected chi connectivity index (χ1v) is 9.88. The number of aryl methyl sites for hydroxylation is 1. The maximum absolute atomic E-state index is 12.5. The van der Waals surface area contributed by atoms with E-state index in [1.807, 2.05) is 19.1 Å². The van der Waals surface area contributed by atoms with Gasteiger partial charge in [0.15, 0.2) is 11.5 Å². The summed E-state index contributed by atoms with van der Waals surface area (Å²) in [6, 6.07) is 8.82. The van der Waals surface area contributed by atoms with Crippen LogP contribution in [0.4, 0.5) is 17.5 Å². The Hall–Kier alpha value is -4.08. The smallest absolute Gasteiger partial charge is 0.251 e. The lowest BCUT2D eigenvalue weighted by atomic mass is 10.1. The minimum atomic E-state index is -0.262. The van der Waals surface area contributed by atoms with Gasteiger partial charge in [0, 0.05) is 30.9 Å². The second kappa shape index (κ2) is 10.8. The lowest BCUT2D eigenvalue weighted by Gasteiger charge is -2.14. The molecule has 3 rings (SSSR count). The van der Waals surface area contributed by atoms with Gasteiger partial charge in [0.05, 0.1) is 21.3 Å². The van der Waals surface area contributed by atoms with Gasteiger partial charge < -0.3 is 30.2 Å². The summed E-state index contributed by atoms with van der Waals surface area (Å²) >= 11 is 0. The number of carbonyl (C=O) groups is 1. The summed E-state index contributed by atoms with van der Waals surface area (Å²) in [7, 11) is 4.52. The van der Waals surface area contributed by atoms with Crippen molar-refractivity contribution in [3.05, 3.63) is 54.0 Å². The number of anilines is 3. The number of rotatable bonds is 10. The number of carbonyl (C=O) groups excluding carboxylic acids is 1. The first-order chi connectivity index (χ1) is 15.5. The molecule has 2 aromatic heterocycles. The van der Waals surface area contributed by atoms with Gasteiger partial charge in [-0.2, -0.15) is 0 Å². The molecule has 32 heavy (non-hydrogen) atoms. The predicted octanol–water partition coefficient (Wildman–Crippen LogP) is 2.79. The molecule has 3 N–H and O–H groups in total. The number of nitrogens with one attached hydrogen (secondary N) is 3. The summed E-state index contributed by atoms with van der Waals surface area (Å²) in [5, 5.41) is 9.14. The molecule has 0 saturated carbocycles. The molecule has 0 saturated heterocycles. The van der Waals surface area contributed by atoms with E-state index in [9.17, 15) is 4.79 Å². The highest BCUT2D eigenvalue weighted by Crippen LogP contribution is 2.38. The predicted molar refractivity (Wildman–Crippen MR) is 121 cm³/mol. The second-order valence-electron chi connectivity index (χ2n) is 6.73. The van der Waals surface area contributed by atoms with Crippen molar-refractivity contribution >= 4 is 23.4 Å². The first-order valence-electron chi connectivity index (χ1n) is 9.88. The molecule has 0 aliphatic heterocycles. The summed E-state index contributed by atoms with van der Waals surface area (Å²) in [5.41, 5.74) is 1.50. The Morgan fingerprint density at radius 2 is 1.56 bits per heavy atom. The van der Waals surface area contributed by atoms with Crippen LogP contribution in [0, 0.1) is 6.92 Å². The second-order valence-corrected chi connectivity index (χ2v) is 6.73. The molecule has 0 radical (unpaired) electrons. The molecule has 0 spiro atoms. The van der Waals surface area contributed by atoms with Gasteiger partial charge in [-0.1, -0.05) is 0 Å². The zero-order valence-electron chi connectivity index (χ0n) is 18.4. The van der Waals surface area contributed by atoms with Crippen LogP contribution in [-0.4, -0.2) is 55.3 Å². The van der Waals surface area contributed by atoms with Crippen LogP contribution in [-0.2, 0) is 0 Å². The van der Waals surface area contributed by atoms with E-state index in [1.165, 1.54) is 27.7 Å². The molecule has 0 bridgehead atoms. The van der Waals surface area contributed by atoms with E-state index in [0.29, 0.717) is 53.4 Å². The lowest BCUT2D eigenvalue weighted by Crippen LogP contribution is -2.29. The molecule has 0 atom stereocenters. The Morgan fingerprint density at radius 1 is 0.875 bits per heavy atom. The number of amides is 1. The third-order valence-electron chi connectivity index (χ3n) is 4.48. The minimum Gasteiger partial charge on any atom is -0.493 e. The zero-order chi connectivity index (χ0) is 22.9. The van der Waals surface area contributed by atoms with Gasteiger partial charge in [-0.25, -0.2) is 15.0 Å². The van der Waals surface area contributed by atoms with Crippen molar-refractivity contribution in [3.63, 3.8) is 0 Å². The topological polar surface area (TPSA) is 120 Å². The van der Waals surface area contributed by atoms with Gasteiger partial charge in [0.2, 0.25) is 5.75 Å². The first kappa shape index (κ1) is 22.6. The normalized spacial score (nSPS) is 10.2. The van der Waals surface area contributed by atoms with Gasteiger partial charge in [-0.05, 0) is 36.8 Å². The van der Waals surface area contributed by atoms with Gasteiger partial charge in [-0.3, -0.25) is 4.79 Å². The molecule has 10 nitrogen and oxygen atoms in total. The maximum atomic E-state index is 12.5. The number of aromatic nitrogens is 3. The van der Waals surface area contributed by atoms with Crippen molar-refractivity contribution in [1.82, 2.24) is 20.3 Å². The number of nitrogens with zero attached hydrogens (tertiary/aromatic N) is 3. The zero-order valence-corrected chi connectivity index (χ0v) is 18.4. The van der Waals surface area contributed by atoms with Crippen molar-refractivity contribution < 1.29 is 19.0 Å². The molecular weight excluding hydrogens is 412 g/mol. The summed E-state index contributed by atoms with van der Waals surface area (Å²) in [4.78, 5) is 25.2. The number of methoxy groups -OCH3 is 3. The molecule has 1 amide bonds. The van der Waals surface area contributed by atoms with E-state index in [0.717, 1.165) is 5.56 Å². The van der Waals surface area contributed by atoms with Crippen molar-refractivity contribution in [3.8, 4) is 17.2 Å². The summed E-state index contributed by atoms with van der Waals surface area (Å²) in [5.74, 6) is 2.94. The highest BCUT2D eigenvalue weighted by Gasteiger charge is 2.16. The van der Waals surface area contributed by atoms with Gasteiger partial charge in [0.25, 0.3) is 5.91 Å². The van der Waals surface area contributed by atoms with E-state index < -0.39 is 0 Å². The number of pyridine rings is 1. The molecule has 1 aromatic carbocycles. The van der Waals surface area contributed by atoms with Crippen LogP contribution >= 0.6 is 0 Å². The molecule has 0 aliphatic rings. The van der Waals surface area contributed by atoms with E-state index >= 15 is 0 Å². The van der Waals surface area contributed by atoms with Crippen LogP contribution in [0.15, 0.2) is 42.9 Å². The van der Waals surface area contributed by atoms with Crippen LogP contribution in [0.2, 0.25) is 0 Å². The van der Waals surface area contributed by atoms with Crippen molar-refractivity contribution in [2.75, 3.05) is 45.1 Å². The molecule has 0 unspecified atom stereocenters. The van der Waals surface area contributed by atoms with E-state index in [4.69, 9.17) is 14.2 Å². The number of hydrogen-bond acceptors (Lipinski definition) is 9. The van der Waals surface area contributed by atoms with Gasteiger partial charge in [-0.15, -0.1) is 0 Å². The summed E-state index contributed by atoms with van der Waals surface area (Å²) in [6.07, 6.45) is 3.18. The van der Waals surface area contributed by atoms with E-state index in [1.54, 1.807) is 24.4 Å². The van der Waals surface area contributed by atoms with Crippen molar-refractivity contribution in [1.29, 1.82) is 0 Å². The van der Waals surface area contributed by atoms with E-state index in [-0.39, 0.29) is 5.91 Å². The molecule has 10 heteroatoms. The fraction of sp³-hybridized carbons (Fsp3) is 0.273. The number of ether oxygens (including phenoxy) is 3. The third-order valence-corrected chi connectivity index (χ3v) is 4.48. The number of hydrogen-bond donors (Lipinski definition) is 3. The Morgan fingerprint density at radius 3 is 2.22 bits per heavy atom. The molecule has 3 aromatic rings. The lowest BCUT2D eigenvalue weighted by molar-refractivity contribution is 0.0954. The van der Waals surface area contributed by atoms with Crippen LogP contribution < -0.4 is 30.2 Å². The minimum absolute atomic E-state index is 0.262. The Kier molecular flexibility index (Phi) is 7.63. The molecule has 0 fully saturated rings. The Labute approximate surface area is 186 Å². The quantitative estimate of drug-likeness (QED) is 0.410. The summed E-state index contributed by atoms with van der Waals surface area (Å²) in [6.45, 7) is 2.84. The molecule has 2 heterocycles. The molecule has 0 aliphatic carbocycles. The maximum Gasteiger partial charge on any atom is 0.251 e. The fourth-order valence-electron chi connectivity index (χ4n) is 2.94. The monoisotopic (exact) mass is 438 g/mol. The van der Waals surface area contributed by atoms with Crippen LogP contribution in [0.1, 0.15) is 15.9 Å². The molecule has 168 valence electrons. The van der Waals surface area contributed by atoms with E-state index in [2.05, 4.69) is 30.9 Å². The highest BCUT2D eigenvalue weighted by atomic mass is 16.5. The molecular formula is C22H26N6O4. The highest BCUT2D eigenvalue weighted by molar-refractivity contribution is 5.95. The number of benzene rings is 1. The van der Waals surface area contributed by atoms with Crippen LogP contribution in [0.5, 0.6) is 17.2 Å². The third kappa shape index (κ3) is 5.75.